The second-order valence-corrected chi connectivity index (χ2v) is 7.51. The highest BCUT2D eigenvalue weighted by Crippen LogP contribution is 2.48. The molecule has 0 aliphatic carbocycles. The molecule has 1 unspecified atom stereocenters. The molecule has 3 aliphatic rings. The molecule has 3 aliphatic heterocycles. The molecule has 1 saturated heterocycles. The van der Waals surface area contributed by atoms with Crippen LogP contribution in [-0.4, -0.2) is 64.1 Å². The van der Waals surface area contributed by atoms with Crippen molar-refractivity contribution in [3.63, 3.8) is 0 Å². The van der Waals surface area contributed by atoms with Crippen molar-refractivity contribution in [2.45, 2.75) is 37.2 Å². The molecule has 136 valence electrons. The summed E-state index contributed by atoms with van der Waals surface area (Å²) in [5.74, 6) is -2.02. The van der Waals surface area contributed by atoms with Gasteiger partial charge in [0.05, 0.1) is 18.1 Å². The van der Waals surface area contributed by atoms with E-state index in [1.807, 2.05) is 5.41 Å². The lowest BCUT2D eigenvalue weighted by molar-refractivity contribution is -0.161. The van der Waals surface area contributed by atoms with Crippen LogP contribution in [0.5, 0.6) is 0 Å². The number of nitrogens with one attached hydrogen (secondary N) is 1. The second-order valence-electron chi connectivity index (χ2n) is 6.33. The minimum Gasteiger partial charge on any atom is -0.477 e. The summed E-state index contributed by atoms with van der Waals surface area (Å²) in [5, 5.41) is 23.6. The number of alkyl carbamates (subject to hydrolysis) is 1. The number of β-lactam (4-membered cyclic amide) rings is 1. The van der Waals surface area contributed by atoms with E-state index in [-0.39, 0.29) is 29.5 Å². The third-order valence-corrected chi connectivity index (χ3v) is 5.88. The van der Waals surface area contributed by atoms with E-state index in [4.69, 9.17) is 4.74 Å². The standard InChI is InChI=1S/C16H20N2O6S/c1-7(19)12-11-4-10(13(15(21)22)18(11)14(12)20)8-3-9(25-6-8)5-24-16(23)17-2/h6-7,9,11-12,19H,3-5H2,1-2H3,(H,17,23)(H,21,22)/t7-,9?,11-,12-/m1/s1. The Balaban J connectivity index is 1.73. The van der Waals surface area contributed by atoms with E-state index >= 15 is 0 Å². The Morgan fingerprint density at radius 1 is 1.48 bits per heavy atom. The first-order valence-corrected chi connectivity index (χ1v) is 8.96. The van der Waals surface area contributed by atoms with Gasteiger partial charge in [0.25, 0.3) is 0 Å². The Morgan fingerprint density at radius 3 is 2.80 bits per heavy atom. The van der Waals surface area contributed by atoms with Gasteiger partial charge in [-0.05, 0) is 36.3 Å². The number of nitrogens with zero attached hydrogens (tertiary/aromatic N) is 1. The molecule has 1 fully saturated rings. The highest BCUT2D eigenvalue weighted by Gasteiger charge is 2.57. The number of hydrogen-bond donors (Lipinski definition) is 3. The number of ether oxygens (including phenoxy) is 1. The molecule has 25 heavy (non-hydrogen) atoms. The first kappa shape index (κ1) is 17.8. The van der Waals surface area contributed by atoms with Crippen LogP contribution in [0.25, 0.3) is 0 Å². The van der Waals surface area contributed by atoms with Crippen LogP contribution in [0.3, 0.4) is 0 Å². The Labute approximate surface area is 148 Å². The topological polar surface area (TPSA) is 116 Å². The largest absolute Gasteiger partial charge is 0.477 e. The quantitative estimate of drug-likeness (QED) is 0.611. The number of carboxylic acid groups (broad SMARTS) is 1. The van der Waals surface area contributed by atoms with E-state index in [2.05, 4.69) is 5.32 Å². The minimum atomic E-state index is -1.13. The summed E-state index contributed by atoms with van der Waals surface area (Å²) in [7, 11) is 1.48. The van der Waals surface area contributed by atoms with Crippen LogP contribution < -0.4 is 5.32 Å². The van der Waals surface area contributed by atoms with E-state index in [1.165, 1.54) is 23.7 Å². The average Bonchev–Trinajstić information content (AvgIpc) is 3.14. The molecule has 0 radical (unpaired) electrons. The van der Waals surface area contributed by atoms with Crippen LogP contribution in [0, 0.1) is 5.92 Å². The van der Waals surface area contributed by atoms with Gasteiger partial charge in [-0.1, -0.05) is 0 Å². The Hall–Kier alpha value is -2.00. The predicted molar refractivity (Wildman–Crippen MR) is 89.6 cm³/mol. The molecule has 0 spiro atoms. The van der Waals surface area contributed by atoms with Crippen molar-refractivity contribution in [1.29, 1.82) is 0 Å². The lowest BCUT2D eigenvalue weighted by Crippen LogP contribution is -2.61. The number of carbonyl (C=O) groups is 3. The summed E-state index contributed by atoms with van der Waals surface area (Å²) in [6, 6.07) is -0.291. The molecule has 2 amide bonds. The number of hydrogen-bond acceptors (Lipinski definition) is 6. The Kier molecular flexibility index (Phi) is 4.79. The van der Waals surface area contributed by atoms with Crippen molar-refractivity contribution in [3.05, 3.63) is 22.3 Å². The average molecular weight is 368 g/mol. The van der Waals surface area contributed by atoms with Crippen molar-refractivity contribution in [2.24, 2.45) is 5.92 Å². The third-order valence-electron chi connectivity index (χ3n) is 4.77. The first-order chi connectivity index (χ1) is 11.8. The summed E-state index contributed by atoms with van der Waals surface area (Å²) in [5.41, 5.74) is 1.52. The number of amides is 2. The number of thioether (sulfide) groups is 1. The number of rotatable bonds is 5. The monoisotopic (exact) mass is 368 g/mol. The Bertz CT molecular complexity index is 686. The van der Waals surface area contributed by atoms with Crippen LogP contribution in [0.1, 0.15) is 19.8 Å². The number of aliphatic hydroxyl groups is 1. The van der Waals surface area contributed by atoms with Gasteiger partial charge in [0.15, 0.2) is 0 Å². The van der Waals surface area contributed by atoms with Gasteiger partial charge in [-0.3, -0.25) is 4.79 Å². The van der Waals surface area contributed by atoms with Gasteiger partial charge >= 0.3 is 12.1 Å². The first-order valence-electron chi connectivity index (χ1n) is 8.02. The summed E-state index contributed by atoms with van der Waals surface area (Å²) in [6.07, 6.45) is -0.307. The molecule has 0 aromatic carbocycles. The molecular formula is C16H20N2O6S. The van der Waals surface area contributed by atoms with Crippen molar-refractivity contribution < 1.29 is 29.3 Å². The smallest absolute Gasteiger partial charge is 0.406 e. The summed E-state index contributed by atoms with van der Waals surface area (Å²) >= 11 is 1.49. The van der Waals surface area contributed by atoms with E-state index < -0.39 is 24.1 Å². The van der Waals surface area contributed by atoms with Crippen LogP contribution in [0.4, 0.5) is 4.79 Å². The van der Waals surface area contributed by atoms with E-state index in [0.717, 1.165) is 5.57 Å². The fourth-order valence-corrected chi connectivity index (χ4v) is 4.63. The molecule has 3 N–H and O–H groups in total. The number of carboxylic acids is 1. The lowest BCUT2D eigenvalue weighted by atomic mass is 9.82. The van der Waals surface area contributed by atoms with E-state index in [9.17, 15) is 24.6 Å². The van der Waals surface area contributed by atoms with Crippen molar-refractivity contribution in [1.82, 2.24) is 10.2 Å². The summed E-state index contributed by atoms with van der Waals surface area (Å²) in [4.78, 5) is 36.4. The number of aliphatic hydroxyl groups excluding tert-OH is 1. The maximum atomic E-state index is 12.2. The zero-order valence-corrected chi connectivity index (χ0v) is 14.7. The number of fused-ring (bicyclic) bond motifs is 1. The zero-order chi connectivity index (χ0) is 18.3. The van der Waals surface area contributed by atoms with Gasteiger partial charge < -0.3 is 25.2 Å². The van der Waals surface area contributed by atoms with E-state index in [0.29, 0.717) is 18.4 Å². The van der Waals surface area contributed by atoms with Crippen molar-refractivity contribution in [3.8, 4) is 0 Å². The van der Waals surface area contributed by atoms with Crippen molar-refractivity contribution in [2.75, 3.05) is 13.7 Å². The van der Waals surface area contributed by atoms with Crippen LogP contribution in [0.15, 0.2) is 22.3 Å². The lowest BCUT2D eigenvalue weighted by Gasteiger charge is -2.44. The predicted octanol–water partition coefficient (Wildman–Crippen LogP) is 0.682. The second kappa shape index (κ2) is 6.72. The molecule has 4 atom stereocenters. The van der Waals surface area contributed by atoms with Gasteiger partial charge in [0.1, 0.15) is 12.3 Å². The molecule has 3 heterocycles. The molecule has 3 rings (SSSR count). The van der Waals surface area contributed by atoms with Crippen LogP contribution in [-0.2, 0) is 14.3 Å². The van der Waals surface area contributed by atoms with Crippen molar-refractivity contribution >= 4 is 29.7 Å². The fourth-order valence-electron chi connectivity index (χ4n) is 3.61. The maximum absolute atomic E-state index is 12.2. The fraction of sp³-hybridized carbons (Fsp3) is 0.562. The third kappa shape index (κ3) is 3.02. The number of aliphatic carboxylic acids is 1. The summed E-state index contributed by atoms with van der Waals surface area (Å²) < 4.78 is 5.05. The SMILES string of the molecule is CNC(=O)OCC1CC(C2=C(C(=O)O)N3C(=O)[C@H]([C@@H](C)O)[C@H]3C2)=CS1. The van der Waals surface area contributed by atoms with E-state index in [1.54, 1.807) is 6.92 Å². The molecular weight excluding hydrogens is 348 g/mol. The van der Waals surface area contributed by atoms with Gasteiger partial charge in [-0.2, -0.15) is 0 Å². The molecule has 0 aromatic heterocycles. The van der Waals surface area contributed by atoms with Gasteiger partial charge in [0, 0.05) is 12.3 Å². The maximum Gasteiger partial charge on any atom is 0.406 e. The normalized spacial score (nSPS) is 29.1. The number of carbonyl (C=O) groups excluding carboxylic acids is 2. The summed E-state index contributed by atoms with van der Waals surface area (Å²) in [6.45, 7) is 1.78. The highest BCUT2D eigenvalue weighted by molar-refractivity contribution is 8.03. The molecule has 0 saturated carbocycles. The minimum absolute atomic E-state index is 0.0198. The van der Waals surface area contributed by atoms with Gasteiger partial charge in [-0.25, -0.2) is 9.59 Å². The Morgan fingerprint density at radius 2 is 2.20 bits per heavy atom. The molecule has 0 aromatic rings. The highest BCUT2D eigenvalue weighted by atomic mass is 32.2. The van der Waals surface area contributed by atoms with Gasteiger partial charge in [0.2, 0.25) is 5.91 Å². The van der Waals surface area contributed by atoms with Crippen LogP contribution >= 0.6 is 11.8 Å². The molecule has 8 nitrogen and oxygen atoms in total. The van der Waals surface area contributed by atoms with Gasteiger partial charge in [-0.15, -0.1) is 11.8 Å². The molecule has 9 heteroatoms. The zero-order valence-electron chi connectivity index (χ0n) is 13.9. The molecule has 0 bridgehead atoms. The number of allylic oxidation sites excluding steroid dienone is 1. The van der Waals surface area contributed by atoms with Crippen LogP contribution in [0.2, 0.25) is 0 Å².